The number of rotatable bonds is 3. The number of fused-ring (bicyclic) bond motifs is 4. The summed E-state index contributed by atoms with van der Waals surface area (Å²) in [6, 6.07) is 4.51. The van der Waals surface area contributed by atoms with Gasteiger partial charge in [0.05, 0.1) is 11.0 Å². The molecule has 154 valence electrons. The monoisotopic (exact) mass is 416 g/mol. The van der Waals surface area contributed by atoms with Crippen LogP contribution in [-0.2, 0) is 16.0 Å². The first-order valence-corrected chi connectivity index (χ1v) is 10.5. The van der Waals surface area contributed by atoms with Crippen molar-refractivity contribution in [3.8, 4) is 0 Å². The van der Waals surface area contributed by atoms with Crippen molar-refractivity contribution in [1.82, 2.24) is 9.80 Å². The minimum Gasteiger partial charge on any atom is -0.367 e. The highest BCUT2D eigenvalue weighted by Gasteiger charge is 2.63. The van der Waals surface area contributed by atoms with Crippen molar-refractivity contribution in [2.24, 2.45) is 5.41 Å². The molecule has 0 radical (unpaired) electrons. The number of thiocarbonyl (C=S) groups is 1. The number of hydrogen-bond acceptors (Lipinski definition) is 6. The summed E-state index contributed by atoms with van der Waals surface area (Å²) in [6.45, 7) is 5.19. The van der Waals surface area contributed by atoms with Gasteiger partial charge in [-0.3, -0.25) is 29.5 Å². The molecule has 2 saturated heterocycles. The lowest BCUT2D eigenvalue weighted by molar-refractivity contribution is -0.384. The Morgan fingerprint density at radius 3 is 2.41 bits per heavy atom. The molecule has 0 unspecified atom stereocenters. The second kappa shape index (κ2) is 7.05. The Morgan fingerprint density at radius 2 is 1.83 bits per heavy atom. The Morgan fingerprint density at radius 1 is 1.17 bits per heavy atom. The van der Waals surface area contributed by atoms with Crippen molar-refractivity contribution in [2.75, 3.05) is 24.5 Å². The van der Waals surface area contributed by atoms with Crippen molar-refractivity contribution >= 4 is 40.5 Å². The lowest BCUT2D eigenvalue weighted by atomic mass is 9.65. The average Bonchev–Trinajstić information content (AvgIpc) is 2.72. The van der Waals surface area contributed by atoms with Gasteiger partial charge in [-0.05, 0) is 57.0 Å². The van der Waals surface area contributed by atoms with Gasteiger partial charge in [-0.2, -0.15) is 0 Å². The molecule has 2 fully saturated rings. The molecule has 3 aliphatic heterocycles. The third kappa shape index (κ3) is 2.67. The summed E-state index contributed by atoms with van der Waals surface area (Å²) in [5.41, 5.74) is 0.252. The van der Waals surface area contributed by atoms with E-state index >= 15 is 0 Å². The molecule has 4 rings (SSSR count). The number of nitro benzene ring substituents is 1. The minimum absolute atomic E-state index is 0.0275. The number of nitrogens with zero attached hydrogens (tertiary/aromatic N) is 4. The number of piperidine rings is 1. The van der Waals surface area contributed by atoms with Gasteiger partial charge in [0.2, 0.25) is 11.8 Å². The molecule has 1 aromatic carbocycles. The fourth-order valence-electron chi connectivity index (χ4n) is 5.14. The van der Waals surface area contributed by atoms with Gasteiger partial charge < -0.3 is 4.90 Å². The van der Waals surface area contributed by atoms with E-state index in [1.54, 1.807) is 6.07 Å². The lowest BCUT2D eigenvalue weighted by Crippen LogP contribution is -2.73. The van der Waals surface area contributed by atoms with Gasteiger partial charge in [-0.25, -0.2) is 0 Å². The molecular formula is C20H24N4O4S. The Kier molecular flexibility index (Phi) is 4.80. The van der Waals surface area contributed by atoms with Crippen LogP contribution in [0.3, 0.4) is 0 Å². The molecule has 1 atom stereocenters. The third-order valence-corrected chi connectivity index (χ3v) is 6.91. The van der Waals surface area contributed by atoms with Crippen LogP contribution >= 0.6 is 12.2 Å². The maximum Gasteiger partial charge on any atom is 0.269 e. The number of benzene rings is 1. The van der Waals surface area contributed by atoms with Crippen LogP contribution in [0.25, 0.3) is 0 Å². The average molecular weight is 417 g/mol. The van der Waals surface area contributed by atoms with E-state index in [0.29, 0.717) is 18.7 Å². The van der Waals surface area contributed by atoms with Gasteiger partial charge in [0.25, 0.3) is 5.69 Å². The molecule has 8 nitrogen and oxygen atoms in total. The van der Waals surface area contributed by atoms with E-state index in [0.717, 1.165) is 31.5 Å². The van der Waals surface area contributed by atoms with E-state index < -0.39 is 10.3 Å². The summed E-state index contributed by atoms with van der Waals surface area (Å²) >= 11 is 5.44. The van der Waals surface area contributed by atoms with Gasteiger partial charge in [-0.15, -0.1) is 0 Å². The molecular weight excluding hydrogens is 392 g/mol. The van der Waals surface area contributed by atoms with Gasteiger partial charge in [0, 0.05) is 43.9 Å². The lowest BCUT2D eigenvalue weighted by Gasteiger charge is -2.56. The standard InChI is InChI=1S/C20H24N4O4S/c1-3-21-17(25)20(18(26)22(4-2)19(21)29)12-13-11-14(24(27)28)8-9-15(13)23-10-6-5-7-16(20)23/h8-9,11,16H,3-7,10,12H2,1-2H3/t16-/m1/s1. The highest BCUT2D eigenvalue weighted by Crippen LogP contribution is 2.49. The molecule has 9 heteroatoms. The Bertz CT molecular complexity index is 892. The predicted octanol–water partition coefficient (Wildman–Crippen LogP) is 2.49. The fourth-order valence-corrected chi connectivity index (χ4v) is 5.57. The van der Waals surface area contributed by atoms with Crippen LogP contribution in [0, 0.1) is 15.5 Å². The van der Waals surface area contributed by atoms with Gasteiger partial charge >= 0.3 is 0 Å². The zero-order valence-corrected chi connectivity index (χ0v) is 17.4. The molecule has 0 aliphatic carbocycles. The molecule has 1 spiro atoms. The summed E-state index contributed by atoms with van der Waals surface area (Å²) in [5, 5.41) is 11.6. The fraction of sp³-hybridized carbons (Fsp3) is 0.550. The molecule has 0 saturated carbocycles. The van der Waals surface area contributed by atoms with Crippen LogP contribution < -0.4 is 4.90 Å². The van der Waals surface area contributed by atoms with Crippen LogP contribution in [0.1, 0.15) is 38.7 Å². The highest BCUT2D eigenvalue weighted by atomic mass is 32.1. The Labute approximate surface area is 174 Å². The molecule has 3 heterocycles. The number of hydrogen-bond donors (Lipinski definition) is 0. The van der Waals surface area contributed by atoms with Gasteiger partial charge in [0.1, 0.15) is 0 Å². The topological polar surface area (TPSA) is 87.0 Å². The molecule has 3 aliphatic rings. The van der Waals surface area contributed by atoms with E-state index in [4.69, 9.17) is 12.2 Å². The van der Waals surface area contributed by atoms with Crippen molar-refractivity contribution in [1.29, 1.82) is 0 Å². The molecule has 2 amide bonds. The SMILES string of the molecule is CCN1C(=O)C2(Cc3cc([N+](=O)[O-])ccc3N3CCCC[C@@H]32)C(=O)N(CC)C1=S. The number of nitro groups is 1. The van der Waals surface area contributed by atoms with Crippen molar-refractivity contribution in [3.05, 3.63) is 33.9 Å². The van der Waals surface area contributed by atoms with E-state index in [9.17, 15) is 19.7 Å². The van der Waals surface area contributed by atoms with Gasteiger partial charge in [0.15, 0.2) is 10.5 Å². The van der Waals surface area contributed by atoms with Crippen molar-refractivity contribution < 1.29 is 14.5 Å². The normalized spacial score (nSPS) is 23.3. The summed E-state index contributed by atoms with van der Waals surface area (Å²) in [7, 11) is 0. The first-order chi connectivity index (χ1) is 13.9. The van der Waals surface area contributed by atoms with Crippen LogP contribution in [0.15, 0.2) is 18.2 Å². The molecule has 1 aromatic rings. The number of carbonyl (C=O) groups is 2. The molecule has 0 aromatic heterocycles. The first-order valence-electron chi connectivity index (χ1n) is 10.1. The smallest absolute Gasteiger partial charge is 0.269 e. The molecule has 0 bridgehead atoms. The summed E-state index contributed by atoms with van der Waals surface area (Å²) < 4.78 is 0. The summed E-state index contributed by atoms with van der Waals surface area (Å²) in [5.74, 6) is -0.539. The van der Waals surface area contributed by atoms with Crippen LogP contribution in [0.5, 0.6) is 0 Å². The van der Waals surface area contributed by atoms with Crippen LogP contribution in [0.4, 0.5) is 11.4 Å². The van der Waals surface area contributed by atoms with E-state index in [1.807, 2.05) is 13.8 Å². The van der Waals surface area contributed by atoms with Crippen molar-refractivity contribution in [3.63, 3.8) is 0 Å². The number of anilines is 1. The maximum absolute atomic E-state index is 13.7. The maximum atomic E-state index is 13.7. The molecule has 29 heavy (non-hydrogen) atoms. The van der Waals surface area contributed by atoms with Crippen LogP contribution in [-0.4, -0.2) is 57.3 Å². The number of carbonyl (C=O) groups excluding carboxylic acids is 2. The largest absolute Gasteiger partial charge is 0.367 e. The summed E-state index contributed by atoms with van der Waals surface area (Å²) in [6.07, 6.45) is 2.79. The highest BCUT2D eigenvalue weighted by molar-refractivity contribution is 7.80. The zero-order valence-electron chi connectivity index (χ0n) is 16.6. The first kappa shape index (κ1) is 19.8. The second-order valence-corrected chi connectivity index (χ2v) is 8.17. The number of non-ortho nitro benzene ring substituents is 1. The van der Waals surface area contributed by atoms with E-state index in [1.165, 1.54) is 21.9 Å². The third-order valence-electron chi connectivity index (χ3n) is 6.47. The minimum atomic E-state index is -1.29. The number of amides is 2. The zero-order chi connectivity index (χ0) is 20.9. The Hall–Kier alpha value is -2.55. The Balaban J connectivity index is 1.92. The van der Waals surface area contributed by atoms with Crippen molar-refractivity contribution in [2.45, 2.75) is 45.6 Å². The van der Waals surface area contributed by atoms with E-state index in [2.05, 4.69) is 4.90 Å². The van der Waals surface area contributed by atoms with Gasteiger partial charge in [-0.1, -0.05) is 0 Å². The second-order valence-electron chi connectivity index (χ2n) is 7.80. The quantitative estimate of drug-likeness (QED) is 0.326. The van der Waals surface area contributed by atoms with Crippen LogP contribution in [0.2, 0.25) is 0 Å². The van der Waals surface area contributed by atoms with E-state index in [-0.39, 0.29) is 35.1 Å². The predicted molar refractivity (Wildman–Crippen MR) is 112 cm³/mol. The molecule has 0 N–H and O–H groups in total. The summed E-state index contributed by atoms with van der Waals surface area (Å²) in [4.78, 5) is 43.5.